The van der Waals surface area contributed by atoms with E-state index in [-0.39, 0.29) is 30.9 Å². The van der Waals surface area contributed by atoms with Gasteiger partial charge in [0.15, 0.2) is 0 Å². The smallest absolute Gasteiger partial charge is 0.224 e. The highest BCUT2D eigenvalue weighted by Gasteiger charge is 2.19. The molecule has 2 N–H and O–H groups in total. The molecule has 5 nitrogen and oxygen atoms in total. The van der Waals surface area contributed by atoms with E-state index in [2.05, 4.69) is 10.4 Å². The minimum absolute atomic E-state index is 0.0201. The predicted octanol–water partition coefficient (Wildman–Crippen LogP) is 1.45. The number of hydrogen-bond acceptors (Lipinski definition) is 3. The van der Waals surface area contributed by atoms with Crippen molar-refractivity contribution in [2.75, 3.05) is 6.61 Å². The first-order valence-electron chi connectivity index (χ1n) is 6.45. The number of nitrogens with one attached hydrogen (secondary N) is 1. The number of aryl methyl sites for hydroxylation is 2. The van der Waals surface area contributed by atoms with Gasteiger partial charge in [-0.3, -0.25) is 9.48 Å². The van der Waals surface area contributed by atoms with E-state index in [4.69, 9.17) is 16.7 Å². The molecule has 0 aliphatic rings. The third-order valence-corrected chi connectivity index (χ3v) is 3.67. The van der Waals surface area contributed by atoms with Crippen LogP contribution in [0.3, 0.4) is 0 Å². The first-order valence-corrected chi connectivity index (χ1v) is 6.82. The number of carbonyl (C=O) groups excluding carboxylic acids is 1. The molecule has 0 radical (unpaired) electrons. The predicted molar refractivity (Wildman–Crippen MR) is 75.1 cm³/mol. The molecule has 0 aliphatic heterocycles. The lowest BCUT2D eigenvalue weighted by atomic mass is 10.0. The van der Waals surface area contributed by atoms with Crippen molar-refractivity contribution in [2.24, 2.45) is 13.0 Å². The van der Waals surface area contributed by atoms with Crippen LogP contribution >= 0.6 is 11.6 Å². The summed E-state index contributed by atoms with van der Waals surface area (Å²) in [7, 11) is 1.75. The zero-order valence-electron chi connectivity index (χ0n) is 11.9. The van der Waals surface area contributed by atoms with Crippen LogP contribution in [0, 0.1) is 12.8 Å². The Morgan fingerprint density at radius 3 is 2.58 bits per heavy atom. The van der Waals surface area contributed by atoms with Gasteiger partial charge >= 0.3 is 0 Å². The van der Waals surface area contributed by atoms with Crippen LogP contribution in [-0.4, -0.2) is 33.4 Å². The van der Waals surface area contributed by atoms with Gasteiger partial charge in [-0.25, -0.2) is 0 Å². The third-order valence-electron chi connectivity index (χ3n) is 3.20. The second-order valence-corrected chi connectivity index (χ2v) is 5.44. The van der Waals surface area contributed by atoms with E-state index >= 15 is 0 Å². The number of rotatable bonds is 6. The van der Waals surface area contributed by atoms with Gasteiger partial charge in [0, 0.05) is 25.3 Å². The second kappa shape index (κ2) is 6.91. The third kappa shape index (κ3) is 4.21. The Bertz CT molecular complexity index is 443. The summed E-state index contributed by atoms with van der Waals surface area (Å²) in [6.45, 7) is 5.93. The highest BCUT2D eigenvalue weighted by Crippen LogP contribution is 2.19. The van der Waals surface area contributed by atoms with Crippen molar-refractivity contribution in [3.8, 4) is 0 Å². The first-order chi connectivity index (χ1) is 8.86. The highest BCUT2D eigenvalue weighted by molar-refractivity contribution is 6.30. The number of nitrogens with zero attached hydrogens (tertiary/aromatic N) is 2. The Labute approximate surface area is 118 Å². The Kier molecular flexibility index (Phi) is 5.82. The van der Waals surface area contributed by atoms with Crippen LogP contribution in [0.1, 0.15) is 31.5 Å². The lowest BCUT2D eigenvalue weighted by Gasteiger charge is -2.21. The van der Waals surface area contributed by atoms with E-state index in [1.807, 2.05) is 20.8 Å². The molecule has 1 rings (SSSR count). The number of amides is 1. The lowest BCUT2D eigenvalue weighted by molar-refractivity contribution is -0.121. The molecular weight excluding hydrogens is 266 g/mol. The summed E-state index contributed by atoms with van der Waals surface area (Å²) in [4.78, 5) is 12.0. The normalized spacial score (nSPS) is 12.8. The fraction of sp³-hybridized carbons (Fsp3) is 0.692. The molecule has 0 spiro atoms. The van der Waals surface area contributed by atoms with Gasteiger partial charge in [0.2, 0.25) is 5.91 Å². The van der Waals surface area contributed by atoms with Crippen molar-refractivity contribution in [2.45, 2.75) is 39.7 Å². The summed E-state index contributed by atoms with van der Waals surface area (Å²) >= 11 is 6.10. The van der Waals surface area contributed by atoms with Crippen LogP contribution in [0.2, 0.25) is 5.15 Å². The monoisotopic (exact) mass is 287 g/mol. The van der Waals surface area contributed by atoms with E-state index in [1.165, 1.54) is 0 Å². The summed E-state index contributed by atoms with van der Waals surface area (Å²) in [5.74, 6) is 0.187. The molecule has 1 unspecified atom stereocenters. The molecule has 0 aromatic carbocycles. The average Bonchev–Trinajstić information content (AvgIpc) is 2.55. The van der Waals surface area contributed by atoms with Crippen molar-refractivity contribution in [3.63, 3.8) is 0 Å². The van der Waals surface area contributed by atoms with E-state index in [9.17, 15) is 4.79 Å². The standard InChI is InChI=1S/C13H22ClN3O2/c1-8(2)11(5-6-18)15-12(19)7-10-9(3)16-17(4)13(10)14/h8,11,18H,5-7H2,1-4H3,(H,15,19). The van der Waals surface area contributed by atoms with Gasteiger partial charge in [-0.15, -0.1) is 0 Å². The molecule has 1 aromatic heterocycles. The van der Waals surface area contributed by atoms with Crippen molar-refractivity contribution in [1.82, 2.24) is 15.1 Å². The lowest BCUT2D eigenvalue weighted by Crippen LogP contribution is -2.40. The first kappa shape index (κ1) is 16.0. The highest BCUT2D eigenvalue weighted by atomic mass is 35.5. The molecule has 0 bridgehead atoms. The van der Waals surface area contributed by atoms with Gasteiger partial charge in [-0.1, -0.05) is 25.4 Å². The van der Waals surface area contributed by atoms with Crippen LogP contribution in [0.25, 0.3) is 0 Å². The summed E-state index contributed by atoms with van der Waals surface area (Å²) in [5, 5.41) is 16.6. The molecule has 0 saturated heterocycles. The molecule has 1 aromatic rings. The Morgan fingerprint density at radius 2 is 2.16 bits per heavy atom. The van der Waals surface area contributed by atoms with E-state index in [1.54, 1.807) is 11.7 Å². The maximum atomic E-state index is 12.0. The van der Waals surface area contributed by atoms with Crippen molar-refractivity contribution < 1.29 is 9.90 Å². The Hall–Kier alpha value is -1.07. The fourth-order valence-corrected chi connectivity index (χ4v) is 2.25. The largest absolute Gasteiger partial charge is 0.396 e. The summed E-state index contributed by atoms with van der Waals surface area (Å²) in [6.07, 6.45) is 0.774. The quantitative estimate of drug-likeness (QED) is 0.832. The van der Waals surface area contributed by atoms with E-state index in [0.29, 0.717) is 11.6 Å². The zero-order chi connectivity index (χ0) is 14.6. The topological polar surface area (TPSA) is 67.2 Å². The molecule has 1 amide bonds. The Morgan fingerprint density at radius 1 is 1.53 bits per heavy atom. The number of aliphatic hydroxyl groups is 1. The molecule has 1 atom stereocenters. The Balaban J connectivity index is 2.69. The minimum Gasteiger partial charge on any atom is -0.396 e. The fourth-order valence-electron chi connectivity index (χ4n) is 2.00. The number of aliphatic hydroxyl groups excluding tert-OH is 1. The number of halogens is 1. The van der Waals surface area contributed by atoms with Crippen LogP contribution in [0.5, 0.6) is 0 Å². The second-order valence-electron chi connectivity index (χ2n) is 5.09. The number of aromatic nitrogens is 2. The van der Waals surface area contributed by atoms with Crippen molar-refractivity contribution in [3.05, 3.63) is 16.4 Å². The van der Waals surface area contributed by atoms with Crippen LogP contribution < -0.4 is 5.32 Å². The van der Waals surface area contributed by atoms with Gasteiger partial charge in [0.05, 0.1) is 12.1 Å². The van der Waals surface area contributed by atoms with Gasteiger partial charge < -0.3 is 10.4 Å². The SMILES string of the molecule is Cc1nn(C)c(Cl)c1CC(=O)NC(CCO)C(C)C. The van der Waals surface area contributed by atoms with Crippen LogP contribution in [-0.2, 0) is 18.3 Å². The molecular formula is C13H22ClN3O2. The van der Waals surface area contributed by atoms with Crippen molar-refractivity contribution >= 4 is 17.5 Å². The molecule has 19 heavy (non-hydrogen) atoms. The summed E-state index contributed by atoms with van der Waals surface area (Å²) in [5.41, 5.74) is 1.53. The average molecular weight is 288 g/mol. The summed E-state index contributed by atoms with van der Waals surface area (Å²) in [6, 6.07) is -0.0201. The van der Waals surface area contributed by atoms with Crippen molar-refractivity contribution in [1.29, 1.82) is 0 Å². The molecule has 0 fully saturated rings. The van der Waals surface area contributed by atoms with Gasteiger partial charge in [0.1, 0.15) is 5.15 Å². The van der Waals surface area contributed by atoms with Crippen LogP contribution in [0.15, 0.2) is 0 Å². The van der Waals surface area contributed by atoms with E-state index < -0.39 is 0 Å². The maximum absolute atomic E-state index is 12.0. The molecule has 1 heterocycles. The zero-order valence-corrected chi connectivity index (χ0v) is 12.7. The molecule has 0 saturated carbocycles. The minimum atomic E-state index is -0.0925. The number of carbonyl (C=O) groups is 1. The van der Waals surface area contributed by atoms with E-state index in [0.717, 1.165) is 11.3 Å². The van der Waals surface area contributed by atoms with Gasteiger partial charge in [-0.2, -0.15) is 5.10 Å². The van der Waals surface area contributed by atoms with Gasteiger partial charge in [0.25, 0.3) is 0 Å². The summed E-state index contributed by atoms with van der Waals surface area (Å²) < 4.78 is 1.56. The molecule has 108 valence electrons. The molecule has 0 aliphatic carbocycles. The maximum Gasteiger partial charge on any atom is 0.224 e. The van der Waals surface area contributed by atoms with Gasteiger partial charge in [-0.05, 0) is 19.3 Å². The number of hydrogen-bond donors (Lipinski definition) is 2. The van der Waals surface area contributed by atoms with Crippen LogP contribution in [0.4, 0.5) is 0 Å². The molecule has 6 heteroatoms.